The molecule has 3 rings (SSSR count). The Bertz CT molecular complexity index is 691. The van der Waals surface area contributed by atoms with Gasteiger partial charge in [-0.25, -0.2) is 0 Å². The van der Waals surface area contributed by atoms with Gasteiger partial charge < -0.3 is 4.52 Å². The molecule has 0 saturated heterocycles. The van der Waals surface area contributed by atoms with Crippen molar-refractivity contribution < 1.29 is 4.52 Å². The number of hydrogen-bond acceptors (Lipinski definition) is 6. The van der Waals surface area contributed by atoms with E-state index >= 15 is 0 Å². The van der Waals surface area contributed by atoms with Crippen molar-refractivity contribution in [2.24, 2.45) is 0 Å². The number of aryl methyl sites for hydroxylation is 2. The predicted molar refractivity (Wildman–Crippen MR) is 83.3 cm³/mol. The van der Waals surface area contributed by atoms with Crippen LogP contribution in [0.25, 0.3) is 10.7 Å². The van der Waals surface area contributed by atoms with Gasteiger partial charge in [0.1, 0.15) is 0 Å². The van der Waals surface area contributed by atoms with Crippen molar-refractivity contribution >= 4 is 27.3 Å². The minimum atomic E-state index is 0.218. The molecule has 0 aliphatic rings. The van der Waals surface area contributed by atoms with Crippen LogP contribution in [0.1, 0.15) is 29.8 Å². The molecule has 0 bridgehead atoms. The van der Waals surface area contributed by atoms with Crippen molar-refractivity contribution in [3.05, 3.63) is 35.3 Å². The van der Waals surface area contributed by atoms with Crippen LogP contribution in [0.2, 0.25) is 0 Å². The SMILES string of the molecule is CC(Br)c1cn(CCCc2nc(-c3cccs3)no2)nn1. The zero-order chi connectivity index (χ0) is 14.7. The molecule has 0 aliphatic carbocycles. The molecule has 0 fully saturated rings. The van der Waals surface area contributed by atoms with Crippen LogP contribution in [0.5, 0.6) is 0 Å². The van der Waals surface area contributed by atoms with Crippen molar-refractivity contribution in [2.45, 2.75) is 31.1 Å². The van der Waals surface area contributed by atoms with Gasteiger partial charge >= 0.3 is 0 Å². The number of alkyl halides is 1. The fourth-order valence-electron chi connectivity index (χ4n) is 1.86. The first-order chi connectivity index (χ1) is 10.2. The van der Waals surface area contributed by atoms with E-state index in [1.807, 2.05) is 35.3 Å². The largest absolute Gasteiger partial charge is 0.339 e. The summed E-state index contributed by atoms with van der Waals surface area (Å²) in [6, 6.07) is 3.96. The smallest absolute Gasteiger partial charge is 0.227 e. The highest BCUT2D eigenvalue weighted by molar-refractivity contribution is 9.09. The molecule has 1 atom stereocenters. The van der Waals surface area contributed by atoms with E-state index in [1.54, 1.807) is 11.3 Å². The van der Waals surface area contributed by atoms with E-state index in [0.29, 0.717) is 11.7 Å². The van der Waals surface area contributed by atoms with Crippen LogP contribution in [-0.2, 0) is 13.0 Å². The first-order valence-corrected chi connectivity index (χ1v) is 8.42. The summed E-state index contributed by atoms with van der Waals surface area (Å²) in [4.78, 5) is 5.64. The van der Waals surface area contributed by atoms with Crippen molar-refractivity contribution in [1.29, 1.82) is 0 Å². The number of thiophene rings is 1. The zero-order valence-corrected chi connectivity index (χ0v) is 13.8. The first kappa shape index (κ1) is 14.4. The van der Waals surface area contributed by atoms with Gasteiger partial charge in [-0.3, -0.25) is 4.68 Å². The standard InChI is InChI=1S/C13H14BrN5OS/c1-9(14)10-8-19(18-16-10)6-2-5-12-15-13(17-20-12)11-4-3-7-21-11/h3-4,7-9H,2,5-6H2,1H3. The van der Waals surface area contributed by atoms with Gasteiger partial charge in [0.15, 0.2) is 0 Å². The van der Waals surface area contributed by atoms with E-state index in [-0.39, 0.29) is 4.83 Å². The molecule has 0 aliphatic heterocycles. The van der Waals surface area contributed by atoms with Gasteiger partial charge in [-0.2, -0.15) is 4.98 Å². The molecule has 21 heavy (non-hydrogen) atoms. The number of aromatic nitrogens is 5. The Balaban J connectivity index is 1.53. The quantitative estimate of drug-likeness (QED) is 0.623. The summed E-state index contributed by atoms with van der Waals surface area (Å²) in [6.45, 7) is 2.81. The topological polar surface area (TPSA) is 69.6 Å². The molecule has 0 aromatic carbocycles. The molecule has 0 radical (unpaired) electrons. The highest BCUT2D eigenvalue weighted by atomic mass is 79.9. The Morgan fingerprint density at radius 3 is 3.10 bits per heavy atom. The summed E-state index contributed by atoms with van der Waals surface area (Å²) in [5, 5.41) is 14.2. The third-order valence-corrected chi connectivity index (χ3v) is 4.29. The minimum absolute atomic E-state index is 0.218. The number of hydrogen-bond donors (Lipinski definition) is 0. The van der Waals surface area contributed by atoms with Crippen LogP contribution < -0.4 is 0 Å². The number of rotatable bonds is 6. The lowest BCUT2D eigenvalue weighted by Crippen LogP contribution is -2.00. The van der Waals surface area contributed by atoms with Gasteiger partial charge in [0.2, 0.25) is 11.7 Å². The average Bonchev–Trinajstić information content (AvgIpc) is 3.20. The van der Waals surface area contributed by atoms with E-state index in [4.69, 9.17) is 4.52 Å². The van der Waals surface area contributed by atoms with Gasteiger partial charge in [-0.05, 0) is 24.8 Å². The van der Waals surface area contributed by atoms with Crippen LogP contribution in [-0.4, -0.2) is 25.1 Å². The molecule has 0 amide bonds. The summed E-state index contributed by atoms with van der Waals surface area (Å²) in [5.74, 6) is 1.32. The summed E-state index contributed by atoms with van der Waals surface area (Å²) >= 11 is 5.08. The number of nitrogens with zero attached hydrogens (tertiary/aromatic N) is 5. The third-order valence-electron chi connectivity index (χ3n) is 2.95. The van der Waals surface area contributed by atoms with E-state index in [2.05, 4.69) is 36.4 Å². The van der Waals surface area contributed by atoms with E-state index in [9.17, 15) is 0 Å². The molecule has 3 aromatic rings. The van der Waals surface area contributed by atoms with Gasteiger partial charge in [0.05, 0.1) is 15.4 Å². The molecule has 0 spiro atoms. The Morgan fingerprint density at radius 2 is 2.38 bits per heavy atom. The molecular weight excluding hydrogens is 354 g/mol. The van der Waals surface area contributed by atoms with Crippen LogP contribution in [0.4, 0.5) is 0 Å². The highest BCUT2D eigenvalue weighted by Crippen LogP contribution is 2.21. The Kier molecular flexibility index (Phi) is 4.45. The lowest BCUT2D eigenvalue weighted by Gasteiger charge is -1.97. The molecular formula is C13H14BrN5OS. The van der Waals surface area contributed by atoms with Gasteiger partial charge in [-0.1, -0.05) is 32.4 Å². The maximum absolute atomic E-state index is 5.26. The Labute approximate surface area is 134 Å². The van der Waals surface area contributed by atoms with E-state index < -0.39 is 0 Å². The Morgan fingerprint density at radius 1 is 1.48 bits per heavy atom. The molecule has 0 N–H and O–H groups in total. The average molecular weight is 368 g/mol. The van der Waals surface area contributed by atoms with Crippen LogP contribution in [0.3, 0.4) is 0 Å². The molecule has 0 saturated carbocycles. The summed E-state index contributed by atoms with van der Waals surface area (Å²) in [7, 11) is 0. The molecule has 3 aromatic heterocycles. The van der Waals surface area contributed by atoms with E-state index in [0.717, 1.165) is 30.0 Å². The molecule has 8 heteroatoms. The fraction of sp³-hybridized carbons (Fsp3) is 0.385. The number of halogens is 1. The second kappa shape index (κ2) is 6.48. The van der Waals surface area contributed by atoms with Crippen LogP contribution in [0.15, 0.2) is 28.2 Å². The second-order valence-electron chi connectivity index (χ2n) is 4.62. The maximum atomic E-state index is 5.26. The summed E-state index contributed by atoms with van der Waals surface area (Å²) in [5.41, 5.74) is 0.938. The minimum Gasteiger partial charge on any atom is -0.339 e. The van der Waals surface area contributed by atoms with Gasteiger partial charge in [-0.15, -0.1) is 16.4 Å². The normalized spacial score (nSPS) is 12.7. The maximum Gasteiger partial charge on any atom is 0.227 e. The van der Waals surface area contributed by atoms with Crippen molar-refractivity contribution in [1.82, 2.24) is 25.1 Å². The van der Waals surface area contributed by atoms with Crippen LogP contribution in [0, 0.1) is 0 Å². The van der Waals surface area contributed by atoms with Gasteiger partial charge in [0.25, 0.3) is 0 Å². The lowest BCUT2D eigenvalue weighted by molar-refractivity contribution is 0.371. The third kappa shape index (κ3) is 3.56. The second-order valence-corrected chi connectivity index (χ2v) is 6.94. The van der Waals surface area contributed by atoms with Crippen molar-refractivity contribution in [3.63, 3.8) is 0 Å². The molecule has 6 nitrogen and oxygen atoms in total. The van der Waals surface area contributed by atoms with Gasteiger partial charge in [0, 0.05) is 19.2 Å². The van der Waals surface area contributed by atoms with Crippen LogP contribution >= 0.6 is 27.3 Å². The summed E-state index contributed by atoms with van der Waals surface area (Å²) < 4.78 is 7.10. The molecule has 110 valence electrons. The predicted octanol–water partition coefficient (Wildman–Crippen LogP) is 3.48. The highest BCUT2D eigenvalue weighted by Gasteiger charge is 2.10. The molecule has 1 unspecified atom stereocenters. The Hall–Kier alpha value is -1.54. The lowest BCUT2D eigenvalue weighted by atomic mass is 10.3. The zero-order valence-electron chi connectivity index (χ0n) is 11.4. The summed E-state index contributed by atoms with van der Waals surface area (Å²) in [6.07, 6.45) is 3.56. The van der Waals surface area contributed by atoms with E-state index in [1.165, 1.54) is 0 Å². The molecule has 3 heterocycles. The fourth-order valence-corrected chi connectivity index (χ4v) is 2.72. The first-order valence-electron chi connectivity index (χ1n) is 6.63. The monoisotopic (exact) mass is 367 g/mol. The van der Waals surface area contributed by atoms with Crippen molar-refractivity contribution in [3.8, 4) is 10.7 Å². The van der Waals surface area contributed by atoms with Crippen molar-refractivity contribution in [2.75, 3.05) is 0 Å².